The SMILES string of the molecule is CN(C)c1ccccc1C(=O)Nc1ncn[nH]1. The Bertz CT molecular complexity index is 506. The molecule has 6 nitrogen and oxygen atoms in total. The number of rotatable bonds is 3. The van der Waals surface area contributed by atoms with Crippen molar-refractivity contribution in [1.82, 2.24) is 15.2 Å². The molecule has 0 radical (unpaired) electrons. The molecular formula is C11H13N5O. The first kappa shape index (κ1) is 11.1. The van der Waals surface area contributed by atoms with E-state index in [4.69, 9.17) is 0 Å². The number of benzene rings is 1. The van der Waals surface area contributed by atoms with Gasteiger partial charge in [0, 0.05) is 19.8 Å². The third-order valence-corrected chi connectivity index (χ3v) is 2.28. The van der Waals surface area contributed by atoms with Crippen LogP contribution in [0.15, 0.2) is 30.6 Å². The van der Waals surface area contributed by atoms with Gasteiger partial charge in [0.25, 0.3) is 5.91 Å². The zero-order valence-corrected chi connectivity index (χ0v) is 9.64. The summed E-state index contributed by atoms with van der Waals surface area (Å²) in [5.41, 5.74) is 1.44. The standard InChI is InChI=1S/C11H13N5O/c1-16(2)9-6-4-3-5-8(9)10(17)14-11-12-7-13-15-11/h3-7H,1-2H3,(H2,12,13,14,15,17). The van der Waals surface area contributed by atoms with Crippen molar-refractivity contribution >= 4 is 17.5 Å². The van der Waals surface area contributed by atoms with Crippen LogP contribution in [-0.2, 0) is 0 Å². The molecule has 0 unspecified atom stereocenters. The van der Waals surface area contributed by atoms with Crippen LogP contribution in [0.4, 0.5) is 11.6 Å². The number of aromatic amines is 1. The molecule has 1 amide bonds. The van der Waals surface area contributed by atoms with Crippen LogP contribution in [0.2, 0.25) is 0 Å². The van der Waals surface area contributed by atoms with Gasteiger partial charge in [-0.05, 0) is 12.1 Å². The van der Waals surface area contributed by atoms with E-state index in [-0.39, 0.29) is 5.91 Å². The van der Waals surface area contributed by atoms with E-state index >= 15 is 0 Å². The first-order valence-corrected chi connectivity index (χ1v) is 5.11. The van der Waals surface area contributed by atoms with E-state index in [0.29, 0.717) is 11.5 Å². The van der Waals surface area contributed by atoms with Gasteiger partial charge in [0.15, 0.2) is 0 Å². The maximum atomic E-state index is 12.0. The van der Waals surface area contributed by atoms with Crippen molar-refractivity contribution in [2.75, 3.05) is 24.3 Å². The molecule has 0 aliphatic rings. The Labute approximate surface area is 98.7 Å². The number of hydrogen-bond donors (Lipinski definition) is 2. The van der Waals surface area contributed by atoms with Crippen LogP contribution in [0.5, 0.6) is 0 Å². The molecule has 0 atom stereocenters. The topological polar surface area (TPSA) is 73.9 Å². The summed E-state index contributed by atoms with van der Waals surface area (Å²) in [6.45, 7) is 0. The van der Waals surface area contributed by atoms with Gasteiger partial charge in [0.1, 0.15) is 6.33 Å². The molecule has 0 saturated carbocycles. The van der Waals surface area contributed by atoms with Crippen LogP contribution in [0.25, 0.3) is 0 Å². The molecule has 0 bridgehead atoms. The van der Waals surface area contributed by atoms with Crippen LogP contribution in [0.1, 0.15) is 10.4 Å². The Hall–Kier alpha value is -2.37. The summed E-state index contributed by atoms with van der Waals surface area (Å²) in [4.78, 5) is 17.7. The molecule has 1 heterocycles. The van der Waals surface area contributed by atoms with Gasteiger partial charge in [-0.1, -0.05) is 12.1 Å². The van der Waals surface area contributed by atoms with E-state index in [0.717, 1.165) is 5.69 Å². The first-order valence-electron chi connectivity index (χ1n) is 5.11. The molecule has 1 aromatic carbocycles. The summed E-state index contributed by atoms with van der Waals surface area (Å²) >= 11 is 0. The predicted octanol–water partition coefficient (Wildman–Crippen LogP) is 1.12. The summed E-state index contributed by atoms with van der Waals surface area (Å²) < 4.78 is 0. The number of nitrogens with zero attached hydrogens (tertiary/aromatic N) is 3. The summed E-state index contributed by atoms with van der Waals surface area (Å²) in [6.07, 6.45) is 1.34. The lowest BCUT2D eigenvalue weighted by molar-refractivity contribution is 0.102. The maximum absolute atomic E-state index is 12.0. The lowest BCUT2D eigenvalue weighted by Gasteiger charge is -2.16. The predicted molar refractivity (Wildman–Crippen MR) is 65.1 cm³/mol. The number of aromatic nitrogens is 3. The number of carbonyl (C=O) groups is 1. The molecule has 17 heavy (non-hydrogen) atoms. The minimum absolute atomic E-state index is 0.217. The van der Waals surface area contributed by atoms with Gasteiger partial charge in [-0.2, -0.15) is 10.1 Å². The van der Waals surface area contributed by atoms with E-state index in [1.165, 1.54) is 6.33 Å². The van der Waals surface area contributed by atoms with Crippen molar-refractivity contribution in [2.24, 2.45) is 0 Å². The van der Waals surface area contributed by atoms with Gasteiger partial charge >= 0.3 is 0 Å². The Balaban J connectivity index is 2.25. The van der Waals surface area contributed by atoms with Gasteiger partial charge < -0.3 is 4.90 Å². The van der Waals surface area contributed by atoms with Gasteiger partial charge in [-0.25, -0.2) is 5.10 Å². The van der Waals surface area contributed by atoms with Crippen molar-refractivity contribution in [3.8, 4) is 0 Å². The quantitative estimate of drug-likeness (QED) is 0.830. The number of hydrogen-bond acceptors (Lipinski definition) is 4. The third kappa shape index (κ3) is 2.41. The monoisotopic (exact) mass is 231 g/mol. The Morgan fingerprint density at radius 1 is 1.35 bits per heavy atom. The van der Waals surface area contributed by atoms with Crippen LogP contribution in [0.3, 0.4) is 0 Å². The molecule has 0 saturated heterocycles. The fourth-order valence-electron chi connectivity index (χ4n) is 1.50. The molecule has 2 N–H and O–H groups in total. The molecule has 0 spiro atoms. The third-order valence-electron chi connectivity index (χ3n) is 2.28. The molecule has 2 aromatic rings. The molecule has 6 heteroatoms. The normalized spacial score (nSPS) is 10.0. The summed E-state index contributed by atoms with van der Waals surface area (Å²) in [7, 11) is 3.78. The van der Waals surface area contributed by atoms with Crippen molar-refractivity contribution in [2.45, 2.75) is 0 Å². The van der Waals surface area contributed by atoms with E-state index < -0.39 is 0 Å². The second-order valence-corrected chi connectivity index (χ2v) is 3.70. The van der Waals surface area contributed by atoms with E-state index in [2.05, 4.69) is 20.5 Å². The highest BCUT2D eigenvalue weighted by molar-refractivity contribution is 6.07. The summed E-state index contributed by atoms with van der Waals surface area (Å²) in [5, 5.41) is 8.88. The molecular weight excluding hydrogens is 218 g/mol. The highest BCUT2D eigenvalue weighted by Crippen LogP contribution is 2.18. The number of anilines is 2. The van der Waals surface area contributed by atoms with Gasteiger partial charge in [-0.15, -0.1) is 0 Å². The minimum atomic E-state index is -0.217. The number of amides is 1. The number of carbonyl (C=O) groups excluding carboxylic acids is 1. The minimum Gasteiger partial charge on any atom is -0.377 e. The van der Waals surface area contributed by atoms with Crippen molar-refractivity contribution in [1.29, 1.82) is 0 Å². The van der Waals surface area contributed by atoms with Crippen LogP contribution in [-0.4, -0.2) is 35.2 Å². The fourth-order valence-corrected chi connectivity index (χ4v) is 1.50. The largest absolute Gasteiger partial charge is 0.377 e. The lowest BCUT2D eigenvalue weighted by Crippen LogP contribution is -2.18. The fraction of sp³-hybridized carbons (Fsp3) is 0.182. The Kier molecular flexibility index (Phi) is 3.04. The maximum Gasteiger partial charge on any atom is 0.260 e. The molecule has 0 fully saturated rings. The molecule has 0 aliphatic carbocycles. The second-order valence-electron chi connectivity index (χ2n) is 3.70. The Morgan fingerprint density at radius 3 is 2.76 bits per heavy atom. The van der Waals surface area contributed by atoms with Gasteiger partial charge in [0.2, 0.25) is 5.95 Å². The average Bonchev–Trinajstić information content (AvgIpc) is 2.81. The summed E-state index contributed by atoms with van der Waals surface area (Å²) in [5.74, 6) is 0.120. The van der Waals surface area contributed by atoms with E-state index in [1.807, 2.05) is 37.2 Å². The molecule has 88 valence electrons. The van der Waals surface area contributed by atoms with E-state index in [9.17, 15) is 4.79 Å². The first-order chi connectivity index (χ1) is 8.18. The van der Waals surface area contributed by atoms with Gasteiger partial charge in [0.05, 0.1) is 5.56 Å². The number of H-pyrrole nitrogens is 1. The number of nitrogens with one attached hydrogen (secondary N) is 2. The smallest absolute Gasteiger partial charge is 0.260 e. The molecule has 1 aromatic heterocycles. The van der Waals surface area contributed by atoms with Crippen LogP contribution >= 0.6 is 0 Å². The number of para-hydroxylation sites is 1. The van der Waals surface area contributed by atoms with Crippen molar-refractivity contribution in [3.05, 3.63) is 36.2 Å². The average molecular weight is 231 g/mol. The highest BCUT2D eigenvalue weighted by atomic mass is 16.1. The van der Waals surface area contributed by atoms with Crippen LogP contribution in [0, 0.1) is 0 Å². The zero-order valence-electron chi connectivity index (χ0n) is 9.64. The zero-order chi connectivity index (χ0) is 12.3. The lowest BCUT2D eigenvalue weighted by atomic mass is 10.1. The molecule has 2 rings (SSSR count). The van der Waals surface area contributed by atoms with Gasteiger partial charge in [-0.3, -0.25) is 10.1 Å². The summed E-state index contributed by atoms with van der Waals surface area (Å²) in [6, 6.07) is 7.36. The second kappa shape index (κ2) is 4.65. The van der Waals surface area contributed by atoms with Crippen molar-refractivity contribution in [3.63, 3.8) is 0 Å². The molecule has 0 aliphatic heterocycles. The van der Waals surface area contributed by atoms with Crippen molar-refractivity contribution < 1.29 is 4.79 Å². The van der Waals surface area contributed by atoms with Crippen LogP contribution < -0.4 is 10.2 Å². The Morgan fingerprint density at radius 2 is 2.12 bits per heavy atom. The van der Waals surface area contributed by atoms with E-state index in [1.54, 1.807) is 6.07 Å². The highest BCUT2D eigenvalue weighted by Gasteiger charge is 2.13.